The van der Waals surface area contributed by atoms with E-state index in [1.54, 1.807) is 12.1 Å². The van der Waals surface area contributed by atoms with E-state index in [9.17, 15) is 8.42 Å². The molecule has 4 unspecified atom stereocenters. The van der Waals surface area contributed by atoms with E-state index < -0.39 is 9.84 Å². The fourth-order valence-electron chi connectivity index (χ4n) is 4.17. The van der Waals surface area contributed by atoms with E-state index in [0.717, 1.165) is 55.5 Å². The van der Waals surface area contributed by atoms with Crippen molar-refractivity contribution in [1.82, 2.24) is 24.6 Å². The maximum atomic E-state index is 11.9. The van der Waals surface area contributed by atoms with Crippen LogP contribution in [0, 0.1) is 6.92 Å². The van der Waals surface area contributed by atoms with Gasteiger partial charge in [-0.15, -0.1) is 0 Å². The van der Waals surface area contributed by atoms with Crippen molar-refractivity contribution in [3.63, 3.8) is 0 Å². The van der Waals surface area contributed by atoms with Gasteiger partial charge >= 0.3 is 0 Å². The highest BCUT2D eigenvalue weighted by Crippen LogP contribution is 2.32. The number of fused-ring (bicyclic) bond motifs is 3. The standard InChI is InChI=1S/C19H27N5O2S/c1-5-18-20-19(17-12-22-8-9-23(17)11-14(22)3)24(21-18)16-7-6-15(10-13(16)2)27(4,25)26/h6-7,10,14,17H,5,8-9,11-12H2,1-4H3. The Morgan fingerprint density at radius 3 is 2.48 bits per heavy atom. The predicted octanol–water partition coefficient (Wildman–Crippen LogP) is 1.60. The molecule has 2 aromatic rings. The van der Waals surface area contributed by atoms with Gasteiger partial charge in [0, 0.05) is 44.9 Å². The number of nitrogens with zero attached hydrogens (tertiary/aromatic N) is 5. The summed E-state index contributed by atoms with van der Waals surface area (Å²) in [4.78, 5) is 10.2. The average Bonchev–Trinajstić information content (AvgIpc) is 3.05. The Bertz CT molecular complexity index is 968. The molecule has 4 atom stereocenters. The molecule has 3 fully saturated rings. The highest BCUT2D eigenvalue weighted by atomic mass is 32.2. The van der Waals surface area contributed by atoms with Crippen molar-refractivity contribution >= 4 is 9.84 Å². The van der Waals surface area contributed by atoms with E-state index in [2.05, 4.69) is 23.6 Å². The predicted molar refractivity (Wildman–Crippen MR) is 104 cm³/mol. The maximum Gasteiger partial charge on any atom is 0.175 e. The minimum Gasteiger partial charge on any atom is -0.296 e. The normalized spacial score (nSPS) is 27.9. The fourth-order valence-corrected chi connectivity index (χ4v) is 4.87. The minimum absolute atomic E-state index is 0.219. The number of hydrogen-bond acceptors (Lipinski definition) is 6. The lowest BCUT2D eigenvalue weighted by Gasteiger charge is -2.50. The molecule has 0 N–H and O–H groups in total. The van der Waals surface area contributed by atoms with Gasteiger partial charge in [0.05, 0.1) is 16.6 Å². The molecule has 4 heterocycles. The van der Waals surface area contributed by atoms with Crippen molar-refractivity contribution in [2.45, 2.75) is 44.2 Å². The van der Waals surface area contributed by atoms with Crippen molar-refractivity contribution in [2.24, 2.45) is 0 Å². The van der Waals surface area contributed by atoms with Gasteiger partial charge in [0.15, 0.2) is 21.5 Å². The molecule has 1 aromatic carbocycles. The first-order chi connectivity index (χ1) is 12.8. The number of sulfone groups is 1. The molecule has 0 spiro atoms. The Kier molecular flexibility index (Phi) is 4.60. The van der Waals surface area contributed by atoms with E-state index in [-0.39, 0.29) is 6.04 Å². The maximum absolute atomic E-state index is 11.9. The second-order valence-electron chi connectivity index (χ2n) is 7.73. The quantitative estimate of drug-likeness (QED) is 0.791. The number of benzene rings is 1. The third kappa shape index (κ3) is 3.30. The summed E-state index contributed by atoms with van der Waals surface area (Å²) < 4.78 is 25.7. The van der Waals surface area contributed by atoms with Crippen LogP contribution in [0.3, 0.4) is 0 Å². The van der Waals surface area contributed by atoms with E-state index in [0.29, 0.717) is 10.9 Å². The minimum atomic E-state index is -3.23. The monoisotopic (exact) mass is 389 g/mol. The lowest BCUT2D eigenvalue weighted by Crippen LogP contribution is -2.61. The topological polar surface area (TPSA) is 71.3 Å². The third-order valence-electron chi connectivity index (χ3n) is 5.76. The summed E-state index contributed by atoms with van der Waals surface area (Å²) in [5, 5.41) is 4.74. The van der Waals surface area contributed by atoms with Crippen LogP contribution in [-0.2, 0) is 16.3 Å². The molecule has 7 nitrogen and oxygen atoms in total. The van der Waals surface area contributed by atoms with Gasteiger partial charge in [-0.05, 0) is 37.6 Å². The van der Waals surface area contributed by atoms with E-state index in [1.165, 1.54) is 6.26 Å². The average molecular weight is 390 g/mol. The van der Waals surface area contributed by atoms with Gasteiger partial charge in [-0.1, -0.05) is 6.92 Å². The van der Waals surface area contributed by atoms with Gasteiger partial charge in [-0.3, -0.25) is 9.80 Å². The first kappa shape index (κ1) is 18.6. The van der Waals surface area contributed by atoms with Crippen molar-refractivity contribution < 1.29 is 8.42 Å². The summed E-state index contributed by atoms with van der Waals surface area (Å²) >= 11 is 0. The molecule has 0 saturated carbocycles. The zero-order valence-corrected chi connectivity index (χ0v) is 17.2. The molecule has 0 radical (unpaired) electrons. The molecule has 3 aliphatic rings. The van der Waals surface area contributed by atoms with Gasteiger partial charge < -0.3 is 0 Å². The first-order valence-corrected chi connectivity index (χ1v) is 11.4. The molecule has 3 saturated heterocycles. The van der Waals surface area contributed by atoms with Crippen LogP contribution in [0.5, 0.6) is 0 Å². The summed E-state index contributed by atoms with van der Waals surface area (Å²) in [6, 6.07) is 6.03. The number of aryl methyl sites for hydroxylation is 2. The van der Waals surface area contributed by atoms with Crippen LogP contribution < -0.4 is 0 Å². The summed E-state index contributed by atoms with van der Waals surface area (Å²) in [7, 11) is -3.23. The van der Waals surface area contributed by atoms with Crippen molar-refractivity contribution in [1.29, 1.82) is 0 Å². The highest BCUT2D eigenvalue weighted by molar-refractivity contribution is 7.90. The molecular formula is C19H27N5O2S. The van der Waals surface area contributed by atoms with Crippen LogP contribution >= 0.6 is 0 Å². The molecule has 2 bridgehead atoms. The van der Waals surface area contributed by atoms with Crippen LogP contribution in [0.1, 0.15) is 37.1 Å². The van der Waals surface area contributed by atoms with E-state index in [1.807, 2.05) is 17.7 Å². The largest absolute Gasteiger partial charge is 0.296 e. The highest BCUT2D eigenvalue weighted by Gasteiger charge is 2.39. The van der Waals surface area contributed by atoms with Crippen LogP contribution in [0.4, 0.5) is 0 Å². The summed E-state index contributed by atoms with van der Waals surface area (Å²) in [5.74, 6) is 1.78. The van der Waals surface area contributed by atoms with Crippen molar-refractivity contribution in [3.8, 4) is 5.69 Å². The number of aromatic nitrogens is 3. The summed E-state index contributed by atoms with van der Waals surface area (Å²) in [6.45, 7) is 10.4. The SMILES string of the molecule is CCc1nc(C2CN3CCN2CC3C)n(-c2ccc(S(C)(=O)=O)cc2C)n1. The molecule has 1 aromatic heterocycles. The zero-order chi connectivity index (χ0) is 19.3. The second-order valence-corrected chi connectivity index (χ2v) is 9.74. The van der Waals surface area contributed by atoms with E-state index >= 15 is 0 Å². The van der Waals surface area contributed by atoms with Gasteiger partial charge in [0.1, 0.15) is 0 Å². The van der Waals surface area contributed by atoms with Gasteiger partial charge in [-0.25, -0.2) is 18.1 Å². The second kappa shape index (κ2) is 6.68. The van der Waals surface area contributed by atoms with Crippen LogP contribution in [0.15, 0.2) is 23.1 Å². The molecule has 0 amide bonds. The molecule has 27 heavy (non-hydrogen) atoms. The van der Waals surface area contributed by atoms with E-state index in [4.69, 9.17) is 10.1 Å². The molecule has 0 aliphatic carbocycles. The number of hydrogen-bond donors (Lipinski definition) is 0. The van der Waals surface area contributed by atoms with Gasteiger partial charge in [0.2, 0.25) is 0 Å². The first-order valence-electron chi connectivity index (χ1n) is 9.53. The third-order valence-corrected chi connectivity index (χ3v) is 6.87. The fraction of sp³-hybridized carbons (Fsp3) is 0.579. The van der Waals surface area contributed by atoms with Crippen molar-refractivity contribution in [2.75, 3.05) is 32.4 Å². The van der Waals surface area contributed by atoms with Gasteiger partial charge in [-0.2, -0.15) is 5.10 Å². The molecular weight excluding hydrogens is 362 g/mol. The van der Waals surface area contributed by atoms with Crippen LogP contribution in [-0.4, -0.2) is 71.5 Å². The van der Waals surface area contributed by atoms with Crippen molar-refractivity contribution in [3.05, 3.63) is 35.4 Å². The molecule has 5 rings (SSSR count). The number of piperazine rings is 3. The zero-order valence-electron chi connectivity index (χ0n) is 16.4. The number of rotatable bonds is 4. The molecule has 146 valence electrons. The van der Waals surface area contributed by atoms with Crippen LogP contribution in [0.2, 0.25) is 0 Å². The Morgan fingerprint density at radius 2 is 1.93 bits per heavy atom. The molecule has 8 heteroatoms. The summed E-state index contributed by atoms with van der Waals surface area (Å²) in [6.07, 6.45) is 2.01. The lowest BCUT2D eigenvalue weighted by atomic mass is 10.0. The Hall–Kier alpha value is -1.77. The Balaban J connectivity index is 1.77. The van der Waals surface area contributed by atoms with Gasteiger partial charge in [0.25, 0.3) is 0 Å². The Labute approximate surface area is 160 Å². The molecule has 3 aliphatic heterocycles. The Morgan fingerprint density at radius 1 is 1.19 bits per heavy atom. The smallest absolute Gasteiger partial charge is 0.175 e. The summed E-state index contributed by atoms with van der Waals surface area (Å²) in [5.41, 5.74) is 1.78. The van der Waals surface area contributed by atoms with Crippen LogP contribution in [0.25, 0.3) is 5.69 Å². The lowest BCUT2D eigenvalue weighted by molar-refractivity contribution is -0.0278.